The van der Waals surface area contributed by atoms with Gasteiger partial charge in [-0.05, 0) is 12.1 Å². The van der Waals surface area contributed by atoms with E-state index in [1.54, 1.807) is 0 Å². The van der Waals surface area contributed by atoms with Gasteiger partial charge in [0.25, 0.3) is 0 Å². The van der Waals surface area contributed by atoms with E-state index in [0.29, 0.717) is 5.65 Å². The summed E-state index contributed by atoms with van der Waals surface area (Å²) in [5.41, 5.74) is 3.36. The van der Waals surface area contributed by atoms with Gasteiger partial charge in [0.2, 0.25) is 0 Å². The molecule has 0 amide bonds. The first-order chi connectivity index (χ1) is 11.7. The highest BCUT2D eigenvalue weighted by Gasteiger charge is 2.25. The van der Waals surface area contributed by atoms with Crippen molar-refractivity contribution in [2.45, 2.75) is 52.4 Å². The summed E-state index contributed by atoms with van der Waals surface area (Å²) < 4.78 is 2.15. The quantitative estimate of drug-likeness (QED) is 0.478. The highest BCUT2D eigenvalue weighted by Crippen LogP contribution is 2.30. The van der Waals surface area contributed by atoms with E-state index in [4.69, 9.17) is 15.0 Å². The van der Waals surface area contributed by atoms with Crippen molar-refractivity contribution in [3.63, 3.8) is 0 Å². The minimum absolute atomic E-state index is 0.121. The molecule has 0 unspecified atom stereocenters. The van der Waals surface area contributed by atoms with Crippen molar-refractivity contribution in [3.8, 4) is 0 Å². The molecule has 128 valence electrons. The van der Waals surface area contributed by atoms with Crippen LogP contribution >= 0.6 is 0 Å². The van der Waals surface area contributed by atoms with Crippen molar-refractivity contribution in [2.24, 2.45) is 0 Å². The molecule has 4 aromatic rings. The number of hydrogen-bond acceptors (Lipinski definition) is 4. The minimum atomic E-state index is -0.136. The number of nitrogens with zero attached hydrogens (tertiary/aromatic N) is 5. The number of aromatic nitrogens is 5. The third kappa shape index (κ3) is 2.46. The Morgan fingerprint density at radius 3 is 2.24 bits per heavy atom. The molecule has 0 N–H and O–H groups in total. The van der Waals surface area contributed by atoms with Crippen LogP contribution in [0, 0.1) is 0 Å². The van der Waals surface area contributed by atoms with Gasteiger partial charge in [-0.3, -0.25) is 4.40 Å². The van der Waals surface area contributed by atoms with Crippen LogP contribution in [0.2, 0.25) is 0 Å². The van der Waals surface area contributed by atoms with E-state index >= 15 is 0 Å². The second kappa shape index (κ2) is 4.97. The Hall–Kier alpha value is -2.56. The van der Waals surface area contributed by atoms with Gasteiger partial charge in [-0.2, -0.15) is 0 Å². The first-order valence-corrected chi connectivity index (χ1v) is 8.61. The number of para-hydroxylation sites is 2. The third-order valence-electron chi connectivity index (χ3n) is 4.34. The molecule has 0 saturated heterocycles. The van der Waals surface area contributed by atoms with Gasteiger partial charge in [0.05, 0.1) is 16.4 Å². The van der Waals surface area contributed by atoms with Crippen LogP contribution in [0.25, 0.3) is 27.7 Å². The second-order valence-corrected chi connectivity index (χ2v) is 8.63. The van der Waals surface area contributed by atoms with Gasteiger partial charge in [-0.1, -0.05) is 53.7 Å². The van der Waals surface area contributed by atoms with Crippen molar-refractivity contribution >= 4 is 27.7 Å². The fourth-order valence-electron chi connectivity index (χ4n) is 3.05. The van der Waals surface area contributed by atoms with Crippen LogP contribution in [0.3, 0.4) is 0 Å². The minimum Gasteiger partial charge on any atom is -0.279 e. The van der Waals surface area contributed by atoms with Crippen molar-refractivity contribution in [1.82, 2.24) is 24.3 Å². The monoisotopic (exact) mass is 333 g/mol. The number of rotatable bonds is 0. The maximum Gasteiger partial charge on any atom is 0.168 e. The number of imidazole rings is 1. The second-order valence-electron chi connectivity index (χ2n) is 8.63. The lowest BCUT2D eigenvalue weighted by molar-refractivity contribution is 0.536. The zero-order valence-electron chi connectivity index (χ0n) is 15.6. The zero-order valence-corrected chi connectivity index (χ0v) is 15.6. The molecular weight excluding hydrogens is 310 g/mol. The first kappa shape index (κ1) is 15.9. The van der Waals surface area contributed by atoms with Crippen molar-refractivity contribution in [1.29, 1.82) is 0 Å². The SMILES string of the molecule is CC(C)(C)c1ncc2c(n1)nc(C(C)(C)C)n1c3ccccc3nc21. The molecule has 25 heavy (non-hydrogen) atoms. The van der Waals surface area contributed by atoms with Gasteiger partial charge in [0.1, 0.15) is 11.6 Å². The average Bonchev–Trinajstić information content (AvgIpc) is 2.91. The summed E-state index contributed by atoms with van der Waals surface area (Å²) in [7, 11) is 0. The molecule has 1 aromatic carbocycles. The standard InChI is InChI=1S/C20H23N5/c1-19(2,3)17-21-11-12-15(23-17)24-18(20(4,5)6)25-14-10-8-7-9-13(14)22-16(12)25/h7-11H,1-6H3. The lowest BCUT2D eigenvalue weighted by Gasteiger charge is -2.21. The van der Waals surface area contributed by atoms with E-state index in [1.165, 1.54) is 0 Å². The van der Waals surface area contributed by atoms with Gasteiger partial charge in [-0.15, -0.1) is 0 Å². The van der Waals surface area contributed by atoms with Crippen LogP contribution in [0.4, 0.5) is 0 Å². The topological polar surface area (TPSA) is 56.0 Å². The molecule has 0 aliphatic heterocycles. The molecule has 5 nitrogen and oxygen atoms in total. The highest BCUT2D eigenvalue weighted by atomic mass is 15.1. The molecule has 0 saturated carbocycles. The Morgan fingerprint density at radius 1 is 0.840 bits per heavy atom. The van der Waals surface area contributed by atoms with Gasteiger partial charge < -0.3 is 0 Å². The Balaban J connectivity index is 2.21. The van der Waals surface area contributed by atoms with E-state index in [9.17, 15) is 0 Å². The molecule has 0 aliphatic rings. The van der Waals surface area contributed by atoms with Gasteiger partial charge in [-0.25, -0.2) is 19.9 Å². The fraction of sp³-hybridized carbons (Fsp3) is 0.400. The maximum absolute atomic E-state index is 4.94. The summed E-state index contributed by atoms with van der Waals surface area (Å²) in [5.74, 6) is 1.76. The van der Waals surface area contributed by atoms with E-state index in [1.807, 2.05) is 24.4 Å². The molecule has 0 fully saturated rings. The van der Waals surface area contributed by atoms with E-state index < -0.39 is 0 Å². The van der Waals surface area contributed by atoms with E-state index in [0.717, 1.165) is 33.7 Å². The smallest absolute Gasteiger partial charge is 0.168 e. The molecule has 4 rings (SSSR count). The molecule has 3 heterocycles. The van der Waals surface area contributed by atoms with Gasteiger partial charge in [0.15, 0.2) is 11.3 Å². The molecule has 3 aromatic heterocycles. The maximum atomic E-state index is 4.94. The third-order valence-corrected chi connectivity index (χ3v) is 4.34. The summed E-state index contributed by atoms with van der Waals surface area (Å²) in [6.45, 7) is 12.8. The molecule has 0 radical (unpaired) electrons. The average molecular weight is 333 g/mol. The summed E-state index contributed by atoms with van der Waals surface area (Å²) in [6.07, 6.45) is 1.86. The summed E-state index contributed by atoms with van der Waals surface area (Å²) in [6, 6.07) is 8.16. The van der Waals surface area contributed by atoms with Crippen molar-refractivity contribution in [2.75, 3.05) is 0 Å². The summed E-state index contributed by atoms with van der Waals surface area (Å²) >= 11 is 0. The Morgan fingerprint density at radius 2 is 1.56 bits per heavy atom. The Kier molecular flexibility index (Phi) is 3.17. The van der Waals surface area contributed by atoms with Gasteiger partial charge in [0, 0.05) is 17.0 Å². The van der Waals surface area contributed by atoms with E-state index in [-0.39, 0.29) is 10.8 Å². The van der Waals surface area contributed by atoms with E-state index in [2.05, 4.69) is 57.0 Å². The Bertz CT molecular complexity index is 1110. The lowest BCUT2D eigenvalue weighted by atomic mass is 9.95. The normalized spacial score (nSPS) is 13.2. The highest BCUT2D eigenvalue weighted by molar-refractivity contribution is 5.94. The summed E-state index contributed by atoms with van der Waals surface area (Å²) in [4.78, 5) is 19.1. The molecule has 0 atom stereocenters. The van der Waals surface area contributed by atoms with Crippen LogP contribution in [-0.4, -0.2) is 24.3 Å². The van der Waals surface area contributed by atoms with Gasteiger partial charge >= 0.3 is 0 Å². The largest absolute Gasteiger partial charge is 0.279 e. The molecule has 5 heteroatoms. The predicted molar refractivity (Wildman–Crippen MR) is 101 cm³/mol. The van der Waals surface area contributed by atoms with Crippen LogP contribution in [0.1, 0.15) is 53.2 Å². The lowest BCUT2D eigenvalue weighted by Crippen LogP contribution is -2.20. The molecule has 0 aliphatic carbocycles. The summed E-state index contributed by atoms with van der Waals surface area (Å²) in [5, 5.41) is 0.886. The molecular formula is C20H23N5. The molecule has 0 bridgehead atoms. The van der Waals surface area contributed by atoms with Crippen LogP contribution in [0.5, 0.6) is 0 Å². The predicted octanol–water partition coefficient (Wildman–Crippen LogP) is 4.42. The van der Waals surface area contributed by atoms with Crippen molar-refractivity contribution < 1.29 is 0 Å². The fourth-order valence-corrected chi connectivity index (χ4v) is 3.05. The first-order valence-electron chi connectivity index (χ1n) is 8.61. The number of benzene rings is 1. The van der Waals surface area contributed by atoms with Crippen LogP contribution < -0.4 is 0 Å². The zero-order chi connectivity index (χ0) is 18.0. The number of fused-ring (bicyclic) bond motifs is 5. The van der Waals surface area contributed by atoms with Crippen molar-refractivity contribution in [3.05, 3.63) is 42.1 Å². The Labute approximate surface area is 147 Å². The van der Waals surface area contributed by atoms with Crippen LogP contribution in [0.15, 0.2) is 30.5 Å². The molecule has 0 spiro atoms. The van der Waals surface area contributed by atoms with Crippen LogP contribution in [-0.2, 0) is 10.8 Å². The number of hydrogen-bond donors (Lipinski definition) is 0.